The van der Waals surface area contributed by atoms with Crippen molar-refractivity contribution in [3.63, 3.8) is 0 Å². The van der Waals surface area contributed by atoms with Crippen molar-refractivity contribution in [3.8, 4) is 0 Å². The number of aromatic nitrogens is 1. The highest BCUT2D eigenvalue weighted by atomic mass is 32.1. The normalized spacial score (nSPS) is 20.3. The van der Waals surface area contributed by atoms with E-state index in [4.69, 9.17) is 4.98 Å². The summed E-state index contributed by atoms with van der Waals surface area (Å²) in [5.41, 5.74) is 1.36. The maximum atomic E-state index is 4.79. The van der Waals surface area contributed by atoms with Gasteiger partial charge in [-0.25, -0.2) is 4.98 Å². The average molecular weight is 295 g/mol. The second kappa shape index (κ2) is 6.15. The molecule has 0 spiro atoms. The lowest BCUT2D eigenvalue weighted by atomic mass is 9.98. The lowest BCUT2D eigenvalue weighted by Crippen LogP contribution is -2.34. The molecule has 0 bridgehead atoms. The van der Waals surface area contributed by atoms with E-state index < -0.39 is 0 Å². The largest absolute Gasteiger partial charge is 0.307 e. The molecule has 1 heterocycles. The van der Waals surface area contributed by atoms with Crippen LogP contribution in [0, 0.1) is 12.8 Å². The van der Waals surface area contributed by atoms with Crippen LogP contribution in [0.15, 0.2) is 0 Å². The fraction of sp³-hybridized carbons (Fsp3) is 0.824. The number of rotatable bonds is 4. The van der Waals surface area contributed by atoms with Gasteiger partial charge in [0.15, 0.2) is 0 Å². The summed E-state index contributed by atoms with van der Waals surface area (Å²) in [4.78, 5) is 6.20. The van der Waals surface area contributed by atoms with Gasteiger partial charge in [-0.15, -0.1) is 11.3 Å². The minimum absolute atomic E-state index is 0.157. The van der Waals surface area contributed by atoms with Gasteiger partial charge in [0.05, 0.1) is 10.7 Å². The molecule has 1 fully saturated rings. The van der Waals surface area contributed by atoms with Gasteiger partial charge in [-0.3, -0.25) is 0 Å². The van der Waals surface area contributed by atoms with Crippen LogP contribution in [-0.2, 0) is 5.41 Å². The number of nitrogens with zero attached hydrogens (tertiary/aromatic N) is 1. The summed E-state index contributed by atoms with van der Waals surface area (Å²) in [6, 6.07) is 1.03. The maximum Gasteiger partial charge on any atom is 0.0985 e. The van der Waals surface area contributed by atoms with Crippen LogP contribution < -0.4 is 5.32 Å². The highest BCUT2D eigenvalue weighted by Crippen LogP contribution is 2.34. The Morgan fingerprint density at radius 3 is 2.30 bits per heavy atom. The first-order chi connectivity index (χ1) is 9.29. The van der Waals surface area contributed by atoms with Crippen LogP contribution >= 0.6 is 11.3 Å². The zero-order valence-corrected chi connectivity index (χ0v) is 14.7. The predicted molar refractivity (Wildman–Crippen MR) is 88.5 cm³/mol. The van der Waals surface area contributed by atoms with Crippen LogP contribution in [0.5, 0.6) is 0 Å². The first-order valence-corrected chi connectivity index (χ1v) is 8.84. The van der Waals surface area contributed by atoms with E-state index in [0.717, 1.165) is 5.92 Å². The number of hydrogen-bond donors (Lipinski definition) is 1. The molecular weight excluding hydrogens is 264 g/mol. The van der Waals surface area contributed by atoms with E-state index in [1.54, 1.807) is 0 Å². The minimum atomic E-state index is 0.157. The fourth-order valence-electron chi connectivity index (χ4n) is 3.19. The van der Waals surface area contributed by atoms with Gasteiger partial charge in [0, 0.05) is 22.4 Å². The van der Waals surface area contributed by atoms with Crippen LogP contribution in [-0.4, -0.2) is 11.0 Å². The van der Waals surface area contributed by atoms with Crippen LogP contribution in [0.3, 0.4) is 0 Å². The number of hydrogen-bond acceptors (Lipinski definition) is 3. The Hall–Kier alpha value is -0.410. The molecule has 0 saturated heterocycles. The Balaban J connectivity index is 2.05. The second-order valence-corrected chi connectivity index (χ2v) is 8.47. The zero-order chi connectivity index (χ0) is 14.9. The van der Waals surface area contributed by atoms with Gasteiger partial charge >= 0.3 is 0 Å². The van der Waals surface area contributed by atoms with E-state index in [1.807, 2.05) is 11.3 Å². The quantitative estimate of drug-likeness (QED) is 0.847. The van der Waals surface area contributed by atoms with E-state index in [-0.39, 0.29) is 5.41 Å². The predicted octanol–water partition coefficient (Wildman–Crippen LogP) is 4.98. The summed E-state index contributed by atoms with van der Waals surface area (Å²) >= 11 is 1.89. The molecule has 2 rings (SSSR count). The zero-order valence-electron chi connectivity index (χ0n) is 13.9. The van der Waals surface area contributed by atoms with E-state index in [0.29, 0.717) is 12.1 Å². The third-order valence-corrected chi connectivity index (χ3v) is 6.25. The van der Waals surface area contributed by atoms with Crippen molar-refractivity contribution in [1.82, 2.24) is 10.3 Å². The standard InChI is InChI=1S/C17H30N2S/c1-11(14-9-7-8-10-14)18-12(2)15-13(3)19-16(20-15)17(4,5)6/h11-12,14,18H,7-10H2,1-6H3/t11-,12?/m0/s1. The summed E-state index contributed by atoms with van der Waals surface area (Å²) in [6.45, 7) is 13.5. The van der Waals surface area contributed by atoms with Gasteiger partial charge in [-0.1, -0.05) is 33.6 Å². The number of thiazole rings is 1. The van der Waals surface area contributed by atoms with E-state index in [1.165, 1.54) is 41.3 Å². The summed E-state index contributed by atoms with van der Waals surface area (Å²) in [7, 11) is 0. The highest BCUT2D eigenvalue weighted by Gasteiger charge is 2.26. The molecule has 3 heteroatoms. The Kier molecular flexibility index (Phi) is 4.91. The molecule has 1 aliphatic rings. The monoisotopic (exact) mass is 294 g/mol. The van der Waals surface area contributed by atoms with Crippen LogP contribution in [0.25, 0.3) is 0 Å². The highest BCUT2D eigenvalue weighted by molar-refractivity contribution is 7.12. The third-order valence-electron chi connectivity index (χ3n) is 4.49. The Bertz CT molecular complexity index is 438. The van der Waals surface area contributed by atoms with Crippen LogP contribution in [0.2, 0.25) is 0 Å². The molecule has 2 nitrogen and oxygen atoms in total. The van der Waals surface area contributed by atoms with Crippen LogP contribution in [0.4, 0.5) is 0 Å². The molecule has 0 aromatic carbocycles. The molecule has 1 N–H and O–H groups in total. The molecule has 1 aromatic heterocycles. The SMILES string of the molecule is Cc1nc(C(C)(C)C)sc1C(C)N[C@@H](C)C1CCCC1. The number of aryl methyl sites for hydroxylation is 1. The summed E-state index contributed by atoms with van der Waals surface area (Å²) in [6.07, 6.45) is 5.63. The van der Waals surface area contributed by atoms with E-state index >= 15 is 0 Å². The van der Waals surface area contributed by atoms with E-state index in [9.17, 15) is 0 Å². The first kappa shape index (κ1) is 16.0. The average Bonchev–Trinajstić information content (AvgIpc) is 2.95. The lowest BCUT2D eigenvalue weighted by molar-refractivity contribution is 0.354. The first-order valence-electron chi connectivity index (χ1n) is 8.03. The molecule has 20 heavy (non-hydrogen) atoms. The van der Waals surface area contributed by atoms with Gasteiger partial charge in [0.2, 0.25) is 0 Å². The summed E-state index contributed by atoms with van der Waals surface area (Å²) in [5, 5.41) is 5.07. The minimum Gasteiger partial charge on any atom is -0.307 e. The maximum absolute atomic E-state index is 4.79. The molecule has 2 atom stereocenters. The van der Waals surface area contributed by atoms with Crippen molar-refractivity contribution in [1.29, 1.82) is 0 Å². The Morgan fingerprint density at radius 1 is 1.20 bits per heavy atom. The van der Waals surface area contributed by atoms with Crippen molar-refractivity contribution in [2.24, 2.45) is 5.92 Å². The van der Waals surface area contributed by atoms with E-state index in [2.05, 4.69) is 46.9 Å². The van der Waals surface area contributed by atoms with Crippen LogP contribution in [0.1, 0.15) is 81.9 Å². The topological polar surface area (TPSA) is 24.9 Å². The molecule has 0 amide bonds. The summed E-state index contributed by atoms with van der Waals surface area (Å²) in [5.74, 6) is 0.868. The van der Waals surface area contributed by atoms with Crippen molar-refractivity contribution in [2.45, 2.75) is 84.7 Å². The lowest BCUT2D eigenvalue weighted by Gasteiger charge is -2.24. The van der Waals surface area contributed by atoms with Gasteiger partial charge in [-0.2, -0.15) is 0 Å². The van der Waals surface area contributed by atoms with Gasteiger partial charge in [0.1, 0.15) is 0 Å². The molecule has 114 valence electrons. The van der Waals surface area contributed by atoms with Gasteiger partial charge < -0.3 is 5.32 Å². The fourth-order valence-corrected chi connectivity index (χ4v) is 4.33. The van der Waals surface area contributed by atoms with Crippen molar-refractivity contribution >= 4 is 11.3 Å². The third kappa shape index (κ3) is 3.62. The van der Waals surface area contributed by atoms with Crippen molar-refractivity contribution < 1.29 is 0 Å². The van der Waals surface area contributed by atoms with Crippen molar-refractivity contribution in [3.05, 3.63) is 15.6 Å². The second-order valence-electron chi connectivity index (χ2n) is 7.44. The van der Waals surface area contributed by atoms with Crippen molar-refractivity contribution in [2.75, 3.05) is 0 Å². The molecule has 0 radical (unpaired) electrons. The molecule has 1 aromatic rings. The van der Waals surface area contributed by atoms with Gasteiger partial charge in [0.25, 0.3) is 0 Å². The Labute approximate surface area is 128 Å². The Morgan fingerprint density at radius 2 is 1.80 bits per heavy atom. The van der Waals surface area contributed by atoms with Gasteiger partial charge in [-0.05, 0) is 39.5 Å². The molecule has 1 aliphatic carbocycles. The molecule has 1 unspecified atom stereocenters. The summed E-state index contributed by atoms with van der Waals surface area (Å²) < 4.78 is 0. The molecule has 1 saturated carbocycles. The molecule has 0 aliphatic heterocycles. The smallest absolute Gasteiger partial charge is 0.0985 e. The molecular formula is C17H30N2S. The number of nitrogens with one attached hydrogen (secondary N) is 1.